The van der Waals surface area contributed by atoms with E-state index >= 15 is 0 Å². The van der Waals surface area contributed by atoms with Gasteiger partial charge in [-0.15, -0.1) is 0 Å². The molecule has 0 bridgehead atoms. The van der Waals surface area contributed by atoms with Crippen molar-refractivity contribution in [2.45, 2.75) is 77.0 Å². The summed E-state index contributed by atoms with van der Waals surface area (Å²) in [4.78, 5) is 12.2. The van der Waals surface area contributed by atoms with Crippen LogP contribution in [-0.4, -0.2) is 29.7 Å². The van der Waals surface area contributed by atoms with Crippen LogP contribution in [0.5, 0.6) is 0 Å². The van der Waals surface area contributed by atoms with Crippen LogP contribution in [0, 0.1) is 0 Å². The lowest BCUT2D eigenvalue weighted by atomic mass is 10.1. The zero-order valence-corrected chi connectivity index (χ0v) is 16.3. The first-order chi connectivity index (χ1) is 13.2. The Hall–Kier alpha value is -1.85. The van der Waals surface area contributed by atoms with E-state index in [0.29, 0.717) is 19.5 Å². The molecule has 148 valence electrons. The van der Waals surface area contributed by atoms with Crippen LogP contribution in [0.1, 0.15) is 63.2 Å². The third kappa shape index (κ3) is 5.56. The SMILES string of the molecule is CCCCCCCCc1cc2cc(CNC(=O)[C@H]3NCC[C@@H]3O)ccc2o1. The van der Waals surface area contributed by atoms with Crippen LogP contribution in [0.25, 0.3) is 11.0 Å². The maximum Gasteiger partial charge on any atom is 0.240 e. The van der Waals surface area contributed by atoms with Gasteiger partial charge in [0.1, 0.15) is 17.4 Å². The second kappa shape index (κ2) is 9.90. The number of hydrogen-bond acceptors (Lipinski definition) is 4. The molecule has 0 unspecified atom stereocenters. The number of fused-ring (bicyclic) bond motifs is 1. The van der Waals surface area contributed by atoms with Gasteiger partial charge in [-0.25, -0.2) is 0 Å². The lowest BCUT2D eigenvalue weighted by Crippen LogP contribution is -2.45. The van der Waals surface area contributed by atoms with Crippen LogP contribution in [0.15, 0.2) is 28.7 Å². The number of nitrogens with one attached hydrogen (secondary N) is 2. The lowest BCUT2D eigenvalue weighted by molar-refractivity contribution is -0.124. The van der Waals surface area contributed by atoms with E-state index in [0.717, 1.165) is 28.7 Å². The molecule has 2 aromatic rings. The van der Waals surface area contributed by atoms with Gasteiger partial charge in [0.05, 0.1) is 6.10 Å². The Balaban J connectivity index is 1.49. The number of aliphatic hydroxyl groups excluding tert-OH is 1. The number of amides is 1. The maximum atomic E-state index is 12.2. The molecular formula is C22H32N2O3. The van der Waals surface area contributed by atoms with Gasteiger partial charge >= 0.3 is 0 Å². The van der Waals surface area contributed by atoms with Crippen molar-refractivity contribution >= 4 is 16.9 Å². The summed E-state index contributed by atoms with van der Waals surface area (Å²) in [6.45, 7) is 3.38. The molecule has 1 aliphatic heterocycles. The zero-order valence-electron chi connectivity index (χ0n) is 16.3. The highest BCUT2D eigenvalue weighted by molar-refractivity contribution is 5.83. The number of furan rings is 1. The number of aliphatic hydroxyl groups is 1. The van der Waals surface area contributed by atoms with E-state index in [9.17, 15) is 9.90 Å². The number of aryl methyl sites for hydroxylation is 1. The molecule has 1 aromatic carbocycles. The average Bonchev–Trinajstić information content (AvgIpc) is 3.27. The molecule has 1 saturated heterocycles. The quantitative estimate of drug-likeness (QED) is 0.556. The Labute approximate surface area is 161 Å². The van der Waals surface area contributed by atoms with E-state index in [1.807, 2.05) is 12.1 Å². The molecule has 5 heteroatoms. The van der Waals surface area contributed by atoms with Crippen molar-refractivity contribution in [3.05, 3.63) is 35.6 Å². The topological polar surface area (TPSA) is 74.5 Å². The van der Waals surface area contributed by atoms with Crippen LogP contribution < -0.4 is 10.6 Å². The first-order valence-corrected chi connectivity index (χ1v) is 10.4. The highest BCUT2D eigenvalue weighted by atomic mass is 16.3. The molecule has 1 amide bonds. The molecule has 3 rings (SSSR count). The number of rotatable bonds is 10. The predicted octanol–water partition coefficient (Wildman–Crippen LogP) is 3.67. The van der Waals surface area contributed by atoms with Gasteiger partial charge < -0.3 is 20.2 Å². The normalized spacial score (nSPS) is 19.6. The molecule has 3 N–H and O–H groups in total. The van der Waals surface area contributed by atoms with Gasteiger partial charge in [-0.05, 0) is 43.1 Å². The van der Waals surface area contributed by atoms with E-state index in [4.69, 9.17) is 4.42 Å². The second-order valence-electron chi connectivity index (χ2n) is 7.61. The number of carbonyl (C=O) groups excluding carboxylic acids is 1. The second-order valence-corrected chi connectivity index (χ2v) is 7.61. The Bertz CT molecular complexity index is 740. The summed E-state index contributed by atoms with van der Waals surface area (Å²) in [6, 6.07) is 7.66. The van der Waals surface area contributed by atoms with Crippen molar-refractivity contribution in [1.82, 2.24) is 10.6 Å². The van der Waals surface area contributed by atoms with E-state index in [2.05, 4.69) is 29.7 Å². The number of unbranched alkanes of at least 4 members (excludes halogenated alkanes) is 5. The van der Waals surface area contributed by atoms with E-state index in [1.54, 1.807) is 0 Å². The monoisotopic (exact) mass is 372 g/mol. The Morgan fingerprint density at radius 1 is 1.22 bits per heavy atom. The Kier molecular flexibility index (Phi) is 7.30. The fourth-order valence-corrected chi connectivity index (χ4v) is 3.72. The third-order valence-electron chi connectivity index (χ3n) is 5.35. The van der Waals surface area contributed by atoms with E-state index in [1.165, 1.54) is 38.5 Å². The number of carbonyl (C=O) groups is 1. The van der Waals surface area contributed by atoms with Gasteiger partial charge in [-0.2, -0.15) is 0 Å². The molecule has 0 radical (unpaired) electrons. The van der Waals surface area contributed by atoms with Crippen LogP contribution >= 0.6 is 0 Å². The summed E-state index contributed by atoms with van der Waals surface area (Å²) in [6.07, 6.45) is 8.70. The zero-order chi connectivity index (χ0) is 19.1. The first-order valence-electron chi connectivity index (χ1n) is 10.4. The number of benzene rings is 1. The molecule has 1 aromatic heterocycles. The molecule has 2 atom stereocenters. The minimum atomic E-state index is -0.592. The van der Waals surface area contributed by atoms with Gasteiger partial charge in [-0.1, -0.05) is 45.1 Å². The fourth-order valence-electron chi connectivity index (χ4n) is 3.72. The highest BCUT2D eigenvalue weighted by Crippen LogP contribution is 2.22. The van der Waals surface area contributed by atoms with Gasteiger partial charge in [-0.3, -0.25) is 4.79 Å². The molecule has 1 aliphatic rings. The molecule has 5 nitrogen and oxygen atoms in total. The summed E-state index contributed by atoms with van der Waals surface area (Å²) in [5, 5.41) is 16.8. The molecule has 0 spiro atoms. The van der Waals surface area contributed by atoms with Crippen molar-refractivity contribution in [2.24, 2.45) is 0 Å². The maximum absolute atomic E-state index is 12.2. The van der Waals surface area contributed by atoms with Crippen molar-refractivity contribution < 1.29 is 14.3 Å². The van der Waals surface area contributed by atoms with Crippen molar-refractivity contribution in [3.63, 3.8) is 0 Å². The molecular weight excluding hydrogens is 340 g/mol. The third-order valence-corrected chi connectivity index (χ3v) is 5.35. The Morgan fingerprint density at radius 2 is 2.04 bits per heavy atom. The Morgan fingerprint density at radius 3 is 2.81 bits per heavy atom. The van der Waals surface area contributed by atoms with Crippen LogP contribution in [0.2, 0.25) is 0 Å². The highest BCUT2D eigenvalue weighted by Gasteiger charge is 2.30. The van der Waals surface area contributed by atoms with Crippen LogP contribution in [-0.2, 0) is 17.8 Å². The van der Waals surface area contributed by atoms with Gasteiger partial charge in [0, 0.05) is 18.4 Å². The van der Waals surface area contributed by atoms with Gasteiger partial charge in [0.25, 0.3) is 0 Å². The van der Waals surface area contributed by atoms with Crippen LogP contribution in [0.3, 0.4) is 0 Å². The largest absolute Gasteiger partial charge is 0.461 e. The minimum absolute atomic E-state index is 0.143. The van der Waals surface area contributed by atoms with Crippen molar-refractivity contribution in [3.8, 4) is 0 Å². The molecule has 1 fully saturated rings. The van der Waals surface area contributed by atoms with Crippen molar-refractivity contribution in [1.29, 1.82) is 0 Å². The number of hydrogen-bond donors (Lipinski definition) is 3. The molecule has 27 heavy (non-hydrogen) atoms. The first kappa shape index (κ1) is 19.9. The fraction of sp³-hybridized carbons (Fsp3) is 0.591. The van der Waals surface area contributed by atoms with Gasteiger partial charge in [0.15, 0.2) is 0 Å². The van der Waals surface area contributed by atoms with Crippen molar-refractivity contribution in [2.75, 3.05) is 6.54 Å². The van der Waals surface area contributed by atoms with Crippen LogP contribution in [0.4, 0.5) is 0 Å². The minimum Gasteiger partial charge on any atom is -0.461 e. The molecule has 0 saturated carbocycles. The smallest absolute Gasteiger partial charge is 0.240 e. The van der Waals surface area contributed by atoms with E-state index < -0.39 is 12.1 Å². The summed E-state index contributed by atoms with van der Waals surface area (Å²) >= 11 is 0. The summed E-state index contributed by atoms with van der Waals surface area (Å²) in [5.41, 5.74) is 1.94. The lowest BCUT2D eigenvalue weighted by Gasteiger charge is -2.14. The summed E-state index contributed by atoms with van der Waals surface area (Å²) in [5.74, 6) is 0.899. The standard InChI is InChI=1S/C22H32N2O3/c1-2-3-4-5-6-7-8-18-14-17-13-16(9-10-20(17)27-18)15-24-22(26)21-19(25)11-12-23-21/h9-10,13-14,19,21,23,25H,2-8,11-12,15H2,1H3,(H,24,26)/t19-,21-/m0/s1. The average molecular weight is 373 g/mol. The summed E-state index contributed by atoms with van der Waals surface area (Å²) in [7, 11) is 0. The summed E-state index contributed by atoms with van der Waals surface area (Å²) < 4.78 is 5.94. The molecule has 2 heterocycles. The van der Waals surface area contributed by atoms with E-state index in [-0.39, 0.29) is 5.91 Å². The predicted molar refractivity (Wildman–Crippen MR) is 108 cm³/mol. The molecule has 0 aliphatic carbocycles. The van der Waals surface area contributed by atoms with Gasteiger partial charge in [0.2, 0.25) is 5.91 Å².